The minimum absolute atomic E-state index is 0.171. The summed E-state index contributed by atoms with van der Waals surface area (Å²) in [5, 5.41) is 3.40. The third-order valence-electron chi connectivity index (χ3n) is 3.63. The molecule has 1 amide bonds. The van der Waals surface area contributed by atoms with Gasteiger partial charge in [0.05, 0.1) is 0 Å². The van der Waals surface area contributed by atoms with Crippen molar-refractivity contribution in [1.29, 1.82) is 0 Å². The fraction of sp³-hybridized carbons (Fsp3) is 0.909. The number of fused-ring (bicyclic) bond motifs is 2. The zero-order chi connectivity index (χ0) is 10.2. The van der Waals surface area contributed by atoms with Crippen LogP contribution in [0.3, 0.4) is 0 Å². The van der Waals surface area contributed by atoms with Gasteiger partial charge in [0.15, 0.2) is 0 Å². The van der Waals surface area contributed by atoms with Crippen molar-refractivity contribution < 1.29 is 4.79 Å². The van der Waals surface area contributed by atoms with Crippen LogP contribution >= 0.6 is 12.6 Å². The molecule has 80 valence electrons. The molecule has 1 atom stereocenters. The Hall–Kier alpha value is -0.180. The molecule has 14 heavy (non-hydrogen) atoms. The summed E-state index contributed by atoms with van der Waals surface area (Å²) in [7, 11) is 0. The van der Waals surface area contributed by atoms with E-state index in [1.54, 1.807) is 0 Å². The van der Waals surface area contributed by atoms with E-state index in [0.717, 1.165) is 5.92 Å². The van der Waals surface area contributed by atoms with Crippen molar-refractivity contribution in [2.75, 3.05) is 0 Å². The smallest absolute Gasteiger partial charge is 0.221 e. The number of amides is 1. The Morgan fingerprint density at radius 3 is 2.64 bits per heavy atom. The molecule has 0 saturated heterocycles. The summed E-state index contributed by atoms with van der Waals surface area (Å²) in [5.74, 6) is 1.08. The summed E-state index contributed by atoms with van der Waals surface area (Å²) in [5.41, 5.74) is 0.185. The fourth-order valence-electron chi connectivity index (χ4n) is 2.98. The highest BCUT2D eigenvalue weighted by Crippen LogP contribution is 2.47. The molecule has 0 aromatic rings. The van der Waals surface area contributed by atoms with Gasteiger partial charge in [-0.1, -0.05) is 6.92 Å². The number of nitrogens with one attached hydrogen (secondary N) is 1. The summed E-state index contributed by atoms with van der Waals surface area (Å²) in [6.45, 7) is 1.96. The Morgan fingerprint density at radius 2 is 2.21 bits per heavy atom. The first kappa shape index (κ1) is 10.3. The zero-order valence-corrected chi connectivity index (χ0v) is 9.65. The third-order valence-corrected chi connectivity index (χ3v) is 3.81. The van der Waals surface area contributed by atoms with Crippen molar-refractivity contribution in [2.45, 2.75) is 56.2 Å². The lowest BCUT2D eigenvalue weighted by atomic mass is 9.93. The van der Waals surface area contributed by atoms with Crippen LogP contribution in [0.5, 0.6) is 0 Å². The van der Waals surface area contributed by atoms with E-state index in [2.05, 4.69) is 17.9 Å². The number of carbonyl (C=O) groups is 1. The quantitative estimate of drug-likeness (QED) is 0.691. The van der Waals surface area contributed by atoms with E-state index in [1.807, 2.05) is 6.92 Å². The molecule has 0 aromatic carbocycles. The maximum Gasteiger partial charge on any atom is 0.221 e. The van der Waals surface area contributed by atoms with E-state index < -0.39 is 0 Å². The van der Waals surface area contributed by atoms with Crippen LogP contribution in [0.4, 0.5) is 0 Å². The Bertz CT molecular complexity index is 231. The first-order valence-corrected chi connectivity index (χ1v) is 6.10. The molecular formula is C11H19NOS. The topological polar surface area (TPSA) is 29.1 Å². The predicted octanol–water partition coefficient (Wildman–Crippen LogP) is 2.14. The molecule has 2 nitrogen and oxygen atoms in total. The lowest BCUT2D eigenvalue weighted by Crippen LogP contribution is -2.45. The molecule has 0 aliphatic heterocycles. The van der Waals surface area contributed by atoms with Crippen LogP contribution in [-0.2, 0) is 4.79 Å². The Morgan fingerprint density at radius 1 is 1.57 bits per heavy atom. The second-order valence-corrected chi connectivity index (χ2v) is 5.91. The standard InChI is InChI=1S/C11H19NOS/c1-8(14)6-10(13)12-11-4-2-9(7-11)3-5-11/h8-9,14H,2-7H2,1H3,(H,12,13). The van der Waals surface area contributed by atoms with Gasteiger partial charge in [-0.05, 0) is 38.0 Å². The van der Waals surface area contributed by atoms with E-state index in [0.29, 0.717) is 6.42 Å². The van der Waals surface area contributed by atoms with Gasteiger partial charge in [-0.15, -0.1) is 0 Å². The monoisotopic (exact) mass is 213 g/mol. The van der Waals surface area contributed by atoms with Crippen LogP contribution < -0.4 is 5.32 Å². The predicted molar refractivity (Wildman–Crippen MR) is 60.5 cm³/mol. The van der Waals surface area contributed by atoms with Gasteiger partial charge < -0.3 is 5.32 Å². The number of hydrogen-bond donors (Lipinski definition) is 2. The third kappa shape index (κ3) is 2.08. The van der Waals surface area contributed by atoms with E-state index >= 15 is 0 Å². The summed E-state index contributed by atoms with van der Waals surface area (Å²) >= 11 is 4.24. The minimum atomic E-state index is 0.171. The van der Waals surface area contributed by atoms with Gasteiger partial charge in [-0.2, -0.15) is 12.6 Å². The first-order chi connectivity index (χ1) is 6.60. The molecular weight excluding hydrogens is 194 g/mol. The van der Waals surface area contributed by atoms with Gasteiger partial charge in [-0.3, -0.25) is 4.79 Å². The van der Waals surface area contributed by atoms with Crippen LogP contribution in [0.2, 0.25) is 0 Å². The average Bonchev–Trinajstić information content (AvgIpc) is 2.60. The maximum absolute atomic E-state index is 11.6. The lowest BCUT2D eigenvalue weighted by molar-refractivity contribution is -0.122. The molecule has 2 rings (SSSR count). The Balaban J connectivity index is 1.87. The van der Waals surface area contributed by atoms with Crippen LogP contribution in [0.25, 0.3) is 0 Å². The molecule has 0 radical (unpaired) electrons. The molecule has 1 N–H and O–H groups in total. The van der Waals surface area contributed by atoms with Crippen molar-refractivity contribution in [2.24, 2.45) is 5.92 Å². The Kier molecular flexibility index (Phi) is 2.78. The zero-order valence-electron chi connectivity index (χ0n) is 8.75. The van der Waals surface area contributed by atoms with E-state index in [1.165, 1.54) is 32.1 Å². The molecule has 2 aliphatic carbocycles. The number of rotatable bonds is 3. The number of hydrogen-bond acceptors (Lipinski definition) is 2. The van der Waals surface area contributed by atoms with Gasteiger partial charge in [0.25, 0.3) is 0 Å². The van der Waals surface area contributed by atoms with Crippen molar-refractivity contribution in [3.8, 4) is 0 Å². The molecule has 2 aliphatic rings. The summed E-state index contributed by atoms with van der Waals surface area (Å²) in [6, 6.07) is 0. The van der Waals surface area contributed by atoms with Crippen molar-refractivity contribution in [3.63, 3.8) is 0 Å². The average molecular weight is 213 g/mol. The number of thiol groups is 1. The molecule has 2 saturated carbocycles. The molecule has 2 fully saturated rings. The van der Waals surface area contributed by atoms with Crippen LogP contribution in [0, 0.1) is 5.92 Å². The van der Waals surface area contributed by atoms with E-state index in [9.17, 15) is 4.79 Å². The van der Waals surface area contributed by atoms with Crippen molar-refractivity contribution in [1.82, 2.24) is 5.32 Å². The highest BCUT2D eigenvalue weighted by atomic mass is 32.1. The van der Waals surface area contributed by atoms with Crippen LogP contribution in [-0.4, -0.2) is 16.7 Å². The second-order valence-electron chi connectivity index (χ2n) is 5.03. The molecule has 0 aromatic heterocycles. The normalized spacial score (nSPS) is 37.1. The summed E-state index contributed by atoms with van der Waals surface area (Å²) in [4.78, 5) is 11.6. The van der Waals surface area contributed by atoms with Crippen LogP contribution in [0.1, 0.15) is 45.4 Å². The van der Waals surface area contributed by atoms with Gasteiger partial charge >= 0.3 is 0 Å². The molecule has 2 bridgehead atoms. The number of carbonyl (C=O) groups excluding carboxylic acids is 1. The largest absolute Gasteiger partial charge is 0.351 e. The summed E-state index contributed by atoms with van der Waals surface area (Å²) in [6.07, 6.45) is 6.80. The van der Waals surface area contributed by atoms with Gasteiger partial charge in [0.1, 0.15) is 0 Å². The molecule has 1 unspecified atom stereocenters. The SMILES string of the molecule is CC(S)CC(=O)NC12CCC(CC1)C2. The van der Waals surface area contributed by atoms with E-state index in [4.69, 9.17) is 0 Å². The molecule has 0 heterocycles. The minimum Gasteiger partial charge on any atom is -0.351 e. The van der Waals surface area contributed by atoms with Crippen LogP contribution in [0.15, 0.2) is 0 Å². The van der Waals surface area contributed by atoms with Gasteiger partial charge in [0, 0.05) is 17.2 Å². The maximum atomic E-state index is 11.6. The highest BCUT2D eigenvalue weighted by molar-refractivity contribution is 7.80. The summed E-state index contributed by atoms with van der Waals surface area (Å²) < 4.78 is 0. The van der Waals surface area contributed by atoms with Gasteiger partial charge in [-0.25, -0.2) is 0 Å². The van der Waals surface area contributed by atoms with Crippen molar-refractivity contribution in [3.05, 3.63) is 0 Å². The fourth-order valence-corrected chi connectivity index (χ4v) is 3.15. The highest BCUT2D eigenvalue weighted by Gasteiger charge is 2.45. The first-order valence-electron chi connectivity index (χ1n) is 5.59. The molecule has 0 spiro atoms. The second kappa shape index (κ2) is 3.76. The molecule has 3 heteroatoms. The lowest BCUT2D eigenvalue weighted by Gasteiger charge is -2.28. The Labute approximate surface area is 91.2 Å². The van der Waals surface area contributed by atoms with Gasteiger partial charge in [0.2, 0.25) is 5.91 Å². The van der Waals surface area contributed by atoms with E-state index in [-0.39, 0.29) is 16.7 Å². The van der Waals surface area contributed by atoms with Crippen molar-refractivity contribution >= 4 is 18.5 Å².